The first kappa shape index (κ1) is 15.8. The Kier molecular flexibility index (Phi) is 4.84. The second-order valence-electron chi connectivity index (χ2n) is 6.65. The number of piperidine rings is 1. The average molecular weight is 315 g/mol. The highest BCUT2D eigenvalue weighted by atomic mass is 16.2. The van der Waals surface area contributed by atoms with Crippen molar-refractivity contribution in [3.63, 3.8) is 0 Å². The number of anilines is 1. The van der Waals surface area contributed by atoms with E-state index in [2.05, 4.69) is 0 Å². The Morgan fingerprint density at radius 3 is 2.39 bits per heavy atom. The third kappa shape index (κ3) is 3.84. The summed E-state index contributed by atoms with van der Waals surface area (Å²) in [5, 5.41) is 0. The third-order valence-electron chi connectivity index (χ3n) is 4.96. The molecule has 1 aromatic rings. The largest absolute Gasteiger partial charge is 0.399 e. The zero-order chi connectivity index (χ0) is 16.2. The topological polar surface area (TPSA) is 66.6 Å². The highest BCUT2D eigenvalue weighted by Crippen LogP contribution is 2.24. The maximum atomic E-state index is 12.5. The molecule has 2 aliphatic heterocycles. The molecule has 3 rings (SSSR count). The second kappa shape index (κ2) is 7.02. The second-order valence-corrected chi connectivity index (χ2v) is 6.65. The Balaban J connectivity index is 1.50. The number of rotatable bonds is 3. The van der Waals surface area contributed by atoms with Crippen molar-refractivity contribution in [1.82, 2.24) is 9.80 Å². The number of nitrogen functional groups attached to an aromatic ring is 1. The van der Waals surface area contributed by atoms with Crippen LogP contribution in [0.15, 0.2) is 24.3 Å². The highest BCUT2D eigenvalue weighted by Gasteiger charge is 2.27. The minimum Gasteiger partial charge on any atom is -0.399 e. The highest BCUT2D eigenvalue weighted by molar-refractivity contribution is 5.95. The van der Waals surface area contributed by atoms with Crippen LogP contribution in [0.5, 0.6) is 0 Å². The molecular formula is C18H25N3O2. The average Bonchev–Trinajstić information content (AvgIpc) is 3.09. The molecule has 1 aromatic carbocycles. The van der Waals surface area contributed by atoms with Gasteiger partial charge in [-0.25, -0.2) is 0 Å². The van der Waals surface area contributed by atoms with Crippen molar-refractivity contribution in [3.05, 3.63) is 29.8 Å². The van der Waals surface area contributed by atoms with Gasteiger partial charge in [0.2, 0.25) is 5.91 Å². The Hall–Kier alpha value is -2.04. The van der Waals surface area contributed by atoms with Crippen LogP contribution in [0.1, 0.15) is 42.5 Å². The first-order chi connectivity index (χ1) is 11.1. The molecule has 2 saturated heterocycles. The number of carbonyl (C=O) groups excluding carboxylic acids is 2. The van der Waals surface area contributed by atoms with Crippen LogP contribution < -0.4 is 5.73 Å². The summed E-state index contributed by atoms with van der Waals surface area (Å²) < 4.78 is 0. The fraction of sp³-hybridized carbons (Fsp3) is 0.556. The zero-order valence-corrected chi connectivity index (χ0v) is 13.5. The lowest BCUT2D eigenvalue weighted by molar-refractivity contribution is -0.131. The molecule has 5 nitrogen and oxygen atoms in total. The van der Waals surface area contributed by atoms with Gasteiger partial charge in [-0.1, -0.05) is 6.07 Å². The van der Waals surface area contributed by atoms with E-state index in [0.29, 0.717) is 29.5 Å². The quantitative estimate of drug-likeness (QED) is 0.869. The summed E-state index contributed by atoms with van der Waals surface area (Å²) in [6.07, 6.45) is 4.74. The minimum absolute atomic E-state index is 0.0432. The number of carbonyl (C=O) groups is 2. The lowest BCUT2D eigenvalue weighted by Crippen LogP contribution is -2.40. The number of likely N-dealkylation sites (tertiary alicyclic amines) is 2. The van der Waals surface area contributed by atoms with Crippen LogP contribution in [0, 0.1) is 5.92 Å². The molecule has 2 aliphatic rings. The standard InChI is InChI=1S/C18H25N3O2/c19-16-5-3-4-15(13-16)18(23)21-10-6-14(7-11-21)12-17(22)20-8-1-2-9-20/h3-5,13-14H,1-2,6-12,19H2. The molecule has 2 amide bonds. The van der Waals surface area contributed by atoms with Crippen molar-refractivity contribution in [1.29, 1.82) is 0 Å². The van der Waals surface area contributed by atoms with Crippen LogP contribution in [0.4, 0.5) is 5.69 Å². The summed E-state index contributed by atoms with van der Waals surface area (Å²) in [6, 6.07) is 7.13. The first-order valence-electron chi connectivity index (χ1n) is 8.56. The molecule has 0 unspecified atom stereocenters. The normalized spacial score (nSPS) is 19.1. The summed E-state index contributed by atoms with van der Waals surface area (Å²) in [4.78, 5) is 28.6. The summed E-state index contributed by atoms with van der Waals surface area (Å²) in [6.45, 7) is 3.30. The number of benzene rings is 1. The number of amides is 2. The Morgan fingerprint density at radius 2 is 1.74 bits per heavy atom. The molecule has 2 heterocycles. The Bertz CT molecular complexity index is 573. The van der Waals surface area contributed by atoms with E-state index in [0.717, 1.165) is 51.9 Å². The lowest BCUT2D eigenvalue weighted by atomic mass is 9.92. The van der Waals surface area contributed by atoms with Gasteiger partial charge in [0.1, 0.15) is 0 Å². The lowest BCUT2D eigenvalue weighted by Gasteiger charge is -2.32. The molecule has 0 spiro atoms. The van der Waals surface area contributed by atoms with Crippen LogP contribution in [0.3, 0.4) is 0 Å². The van der Waals surface area contributed by atoms with Crippen LogP contribution in [-0.2, 0) is 4.79 Å². The third-order valence-corrected chi connectivity index (χ3v) is 4.96. The maximum absolute atomic E-state index is 12.5. The van der Waals surface area contributed by atoms with E-state index in [1.165, 1.54) is 0 Å². The van der Waals surface area contributed by atoms with Gasteiger partial charge in [0.15, 0.2) is 0 Å². The molecule has 124 valence electrons. The number of nitrogens with two attached hydrogens (primary N) is 1. The molecule has 23 heavy (non-hydrogen) atoms. The predicted molar refractivity (Wildman–Crippen MR) is 89.9 cm³/mol. The van der Waals surface area contributed by atoms with Crippen LogP contribution >= 0.6 is 0 Å². The minimum atomic E-state index is 0.0432. The molecule has 2 N–H and O–H groups in total. The van der Waals surface area contributed by atoms with Crippen molar-refractivity contribution in [2.45, 2.75) is 32.1 Å². The number of hydrogen-bond acceptors (Lipinski definition) is 3. The first-order valence-corrected chi connectivity index (χ1v) is 8.56. The molecule has 5 heteroatoms. The number of hydrogen-bond donors (Lipinski definition) is 1. The van der Waals surface area contributed by atoms with Gasteiger partial charge in [-0.05, 0) is 49.8 Å². The van der Waals surface area contributed by atoms with Gasteiger partial charge in [0.25, 0.3) is 5.91 Å². The van der Waals surface area contributed by atoms with Gasteiger partial charge in [-0.15, -0.1) is 0 Å². The van der Waals surface area contributed by atoms with Crippen molar-refractivity contribution < 1.29 is 9.59 Å². The molecule has 2 fully saturated rings. The van der Waals surface area contributed by atoms with Gasteiger partial charge in [0.05, 0.1) is 0 Å². The van der Waals surface area contributed by atoms with E-state index >= 15 is 0 Å². The van der Waals surface area contributed by atoms with E-state index in [4.69, 9.17) is 5.73 Å². The van der Waals surface area contributed by atoms with Gasteiger partial charge in [0, 0.05) is 43.9 Å². The van der Waals surface area contributed by atoms with Gasteiger partial charge in [-0.2, -0.15) is 0 Å². The van der Waals surface area contributed by atoms with Crippen LogP contribution in [0.2, 0.25) is 0 Å². The summed E-state index contributed by atoms with van der Waals surface area (Å²) in [5.74, 6) is 0.748. The van der Waals surface area contributed by atoms with Crippen molar-refractivity contribution >= 4 is 17.5 Å². The van der Waals surface area contributed by atoms with Crippen LogP contribution in [-0.4, -0.2) is 47.8 Å². The van der Waals surface area contributed by atoms with E-state index in [1.54, 1.807) is 12.1 Å². The van der Waals surface area contributed by atoms with E-state index in [-0.39, 0.29) is 5.91 Å². The fourth-order valence-electron chi connectivity index (χ4n) is 3.54. The zero-order valence-electron chi connectivity index (χ0n) is 13.5. The van der Waals surface area contributed by atoms with Crippen LogP contribution in [0.25, 0.3) is 0 Å². The number of nitrogens with zero attached hydrogens (tertiary/aromatic N) is 2. The molecule has 0 saturated carbocycles. The molecule has 0 atom stereocenters. The molecule has 0 aliphatic carbocycles. The smallest absolute Gasteiger partial charge is 0.253 e. The SMILES string of the molecule is Nc1cccc(C(=O)N2CCC(CC(=O)N3CCCC3)CC2)c1. The van der Waals surface area contributed by atoms with Crippen molar-refractivity contribution in [2.75, 3.05) is 31.9 Å². The maximum Gasteiger partial charge on any atom is 0.253 e. The summed E-state index contributed by atoms with van der Waals surface area (Å²) in [5.41, 5.74) is 7.01. The molecule has 0 aromatic heterocycles. The predicted octanol–water partition coefficient (Wildman–Crippen LogP) is 2.13. The molecular weight excluding hydrogens is 290 g/mol. The summed E-state index contributed by atoms with van der Waals surface area (Å²) >= 11 is 0. The van der Waals surface area contributed by atoms with Crippen molar-refractivity contribution in [3.8, 4) is 0 Å². The van der Waals surface area contributed by atoms with E-state index in [1.807, 2.05) is 21.9 Å². The monoisotopic (exact) mass is 315 g/mol. The molecule has 0 radical (unpaired) electrons. The van der Waals surface area contributed by atoms with Crippen molar-refractivity contribution in [2.24, 2.45) is 5.92 Å². The van der Waals surface area contributed by atoms with Gasteiger partial charge < -0.3 is 15.5 Å². The molecule has 0 bridgehead atoms. The van der Waals surface area contributed by atoms with Gasteiger partial charge in [-0.3, -0.25) is 9.59 Å². The van der Waals surface area contributed by atoms with E-state index in [9.17, 15) is 9.59 Å². The Labute approximate surface area is 137 Å². The summed E-state index contributed by atoms with van der Waals surface area (Å²) in [7, 11) is 0. The fourth-order valence-corrected chi connectivity index (χ4v) is 3.54. The Morgan fingerprint density at radius 1 is 1.04 bits per heavy atom. The van der Waals surface area contributed by atoms with Gasteiger partial charge >= 0.3 is 0 Å². The van der Waals surface area contributed by atoms with E-state index < -0.39 is 0 Å².